The summed E-state index contributed by atoms with van der Waals surface area (Å²) in [4.78, 5) is 23.7. The van der Waals surface area contributed by atoms with E-state index in [2.05, 4.69) is 5.32 Å². The van der Waals surface area contributed by atoms with E-state index in [9.17, 15) is 9.59 Å². The van der Waals surface area contributed by atoms with Crippen molar-refractivity contribution < 1.29 is 14.3 Å². The summed E-state index contributed by atoms with van der Waals surface area (Å²) < 4.78 is 4.95. The second-order valence-corrected chi connectivity index (χ2v) is 4.81. The highest BCUT2D eigenvalue weighted by Gasteiger charge is 2.23. The molecule has 1 amide bonds. The van der Waals surface area contributed by atoms with Gasteiger partial charge in [0.25, 0.3) is 0 Å². The Morgan fingerprint density at radius 1 is 1.59 bits per heavy atom. The molecule has 0 bridgehead atoms. The van der Waals surface area contributed by atoms with Gasteiger partial charge in [0.1, 0.15) is 0 Å². The first-order valence-electron chi connectivity index (χ1n) is 5.05. The fraction of sp³-hybridized carbons (Fsp3) is 0.273. The first-order chi connectivity index (χ1) is 8.11. The molecule has 6 heteroatoms. The first kappa shape index (κ1) is 12.3. The van der Waals surface area contributed by atoms with Crippen molar-refractivity contribution in [3.05, 3.63) is 22.7 Å². The molecule has 1 aromatic carbocycles. The molecule has 0 spiro atoms. The van der Waals surface area contributed by atoms with E-state index in [0.717, 1.165) is 0 Å². The van der Waals surface area contributed by atoms with Crippen LogP contribution in [0.15, 0.2) is 17.0 Å². The molecule has 0 saturated carbocycles. The second kappa shape index (κ2) is 4.98. The van der Waals surface area contributed by atoms with Gasteiger partial charge in [0.15, 0.2) is 0 Å². The minimum atomic E-state index is -0.421. The van der Waals surface area contributed by atoms with E-state index in [0.29, 0.717) is 33.5 Å². The Labute approximate surface area is 108 Å². The fourth-order valence-electron chi connectivity index (χ4n) is 1.53. The third-order valence-electron chi connectivity index (χ3n) is 2.17. The van der Waals surface area contributed by atoms with Crippen molar-refractivity contribution in [2.24, 2.45) is 0 Å². The van der Waals surface area contributed by atoms with E-state index in [1.165, 1.54) is 11.8 Å². The first-order valence-corrected chi connectivity index (χ1v) is 6.41. The summed E-state index contributed by atoms with van der Waals surface area (Å²) in [7, 11) is 0. The Morgan fingerprint density at radius 3 is 3.06 bits per heavy atom. The van der Waals surface area contributed by atoms with Crippen LogP contribution in [-0.2, 0) is 9.53 Å². The molecule has 1 heterocycles. The number of thioether (sulfide) groups is 1. The van der Waals surface area contributed by atoms with Crippen LogP contribution < -0.4 is 5.32 Å². The summed E-state index contributed by atoms with van der Waals surface area (Å²) in [5.74, 6) is -0.226. The summed E-state index contributed by atoms with van der Waals surface area (Å²) in [5, 5.41) is 3.08. The normalized spacial score (nSPS) is 13.9. The molecule has 1 aromatic rings. The van der Waals surface area contributed by atoms with Crippen molar-refractivity contribution in [1.29, 1.82) is 0 Å². The van der Waals surface area contributed by atoms with Gasteiger partial charge < -0.3 is 10.1 Å². The monoisotopic (exact) mass is 271 g/mol. The number of carbonyl (C=O) groups is 2. The lowest BCUT2D eigenvalue weighted by molar-refractivity contribution is -0.113. The van der Waals surface area contributed by atoms with Gasteiger partial charge in [-0.3, -0.25) is 4.79 Å². The van der Waals surface area contributed by atoms with Gasteiger partial charge >= 0.3 is 5.97 Å². The molecule has 0 aliphatic carbocycles. The molecular weight excluding hydrogens is 262 g/mol. The average molecular weight is 272 g/mol. The molecular formula is C11H10ClNO3S. The molecule has 0 saturated heterocycles. The fourth-order valence-corrected chi connectivity index (χ4v) is 2.66. The third kappa shape index (κ3) is 2.56. The van der Waals surface area contributed by atoms with Crippen molar-refractivity contribution in [2.75, 3.05) is 17.7 Å². The number of anilines is 1. The number of carbonyl (C=O) groups excluding carboxylic acids is 2. The highest BCUT2D eigenvalue weighted by atomic mass is 35.5. The minimum Gasteiger partial charge on any atom is -0.462 e. The molecule has 0 radical (unpaired) electrons. The largest absolute Gasteiger partial charge is 0.462 e. The van der Waals surface area contributed by atoms with Crippen LogP contribution in [-0.4, -0.2) is 24.2 Å². The van der Waals surface area contributed by atoms with Crippen molar-refractivity contribution in [3.63, 3.8) is 0 Å². The van der Waals surface area contributed by atoms with E-state index in [4.69, 9.17) is 16.3 Å². The second-order valence-electron chi connectivity index (χ2n) is 3.39. The molecule has 2 rings (SSSR count). The molecule has 1 aliphatic rings. The minimum absolute atomic E-state index is 0.0976. The van der Waals surface area contributed by atoms with Crippen molar-refractivity contribution >= 4 is 40.9 Å². The maximum absolute atomic E-state index is 11.7. The molecule has 0 atom stereocenters. The molecule has 0 unspecified atom stereocenters. The number of halogens is 1. The van der Waals surface area contributed by atoms with Gasteiger partial charge in [-0.05, 0) is 19.1 Å². The van der Waals surface area contributed by atoms with Gasteiger partial charge in [0.2, 0.25) is 5.91 Å². The van der Waals surface area contributed by atoms with Gasteiger partial charge in [0.05, 0.1) is 23.6 Å². The molecule has 0 aromatic heterocycles. The predicted molar refractivity (Wildman–Crippen MR) is 66.8 cm³/mol. The van der Waals surface area contributed by atoms with Crippen LogP contribution >= 0.6 is 23.4 Å². The van der Waals surface area contributed by atoms with Gasteiger partial charge in [-0.2, -0.15) is 0 Å². The van der Waals surface area contributed by atoms with Crippen molar-refractivity contribution in [3.8, 4) is 0 Å². The zero-order chi connectivity index (χ0) is 12.4. The summed E-state index contributed by atoms with van der Waals surface area (Å²) in [6.07, 6.45) is 0. The Hall–Kier alpha value is -1.20. The van der Waals surface area contributed by atoms with Crippen LogP contribution in [0.3, 0.4) is 0 Å². The van der Waals surface area contributed by atoms with Gasteiger partial charge in [-0.15, -0.1) is 11.8 Å². The SMILES string of the molecule is CCOC(=O)c1cc(Cl)cc2c1SCC(=O)N2. The van der Waals surface area contributed by atoms with Crippen LogP contribution in [0.4, 0.5) is 5.69 Å². The number of hydrogen-bond acceptors (Lipinski definition) is 4. The summed E-state index contributed by atoms with van der Waals surface area (Å²) >= 11 is 7.22. The number of benzene rings is 1. The lowest BCUT2D eigenvalue weighted by Crippen LogP contribution is -2.20. The number of fused-ring (bicyclic) bond motifs is 1. The number of amides is 1. The topological polar surface area (TPSA) is 55.4 Å². The van der Waals surface area contributed by atoms with Gasteiger partial charge in [-0.25, -0.2) is 4.79 Å². The van der Waals surface area contributed by atoms with Crippen LogP contribution in [0.2, 0.25) is 5.02 Å². The molecule has 1 aliphatic heterocycles. The smallest absolute Gasteiger partial charge is 0.339 e. The Bertz CT molecular complexity index is 490. The highest BCUT2D eigenvalue weighted by molar-refractivity contribution is 8.00. The molecule has 4 nitrogen and oxygen atoms in total. The van der Waals surface area contributed by atoms with Crippen LogP contribution in [0.25, 0.3) is 0 Å². The van der Waals surface area contributed by atoms with Gasteiger partial charge in [-0.1, -0.05) is 11.6 Å². The third-order valence-corrected chi connectivity index (χ3v) is 3.52. The standard InChI is InChI=1S/C11H10ClNO3S/c1-2-16-11(15)7-3-6(12)4-8-10(7)17-5-9(14)13-8/h3-4H,2,5H2,1H3,(H,13,14). The lowest BCUT2D eigenvalue weighted by atomic mass is 10.2. The van der Waals surface area contributed by atoms with Crippen molar-refractivity contribution in [1.82, 2.24) is 0 Å². The summed E-state index contributed by atoms with van der Waals surface area (Å²) in [5.41, 5.74) is 0.973. The number of ether oxygens (including phenoxy) is 1. The van der Waals surface area contributed by atoms with Gasteiger partial charge in [0, 0.05) is 9.92 Å². The predicted octanol–water partition coefficient (Wildman–Crippen LogP) is 2.56. The molecule has 17 heavy (non-hydrogen) atoms. The zero-order valence-corrected chi connectivity index (χ0v) is 10.7. The number of hydrogen-bond donors (Lipinski definition) is 1. The summed E-state index contributed by atoms with van der Waals surface area (Å²) in [6.45, 7) is 2.04. The summed E-state index contributed by atoms with van der Waals surface area (Å²) in [6, 6.07) is 3.19. The van der Waals surface area contributed by atoms with Crippen LogP contribution in [0.1, 0.15) is 17.3 Å². The van der Waals surface area contributed by atoms with Crippen molar-refractivity contribution in [2.45, 2.75) is 11.8 Å². The number of esters is 1. The highest BCUT2D eigenvalue weighted by Crippen LogP contribution is 2.37. The van der Waals surface area contributed by atoms with E-state index >= 15 is 0 Å². The Morgan fingerprint density at radius 2 is 2.35 bits per heavy atom. The van der Waals surface area contributed by atoms with E-state index < -0.39 is 5.97 Å². The van der Waals surface area contributed by atoms with Crippen LogP contribution in [0, 0.1) is 0 Å². The number of nitrogens with one attached hydrogen (secondary N) is 1. The quantitative estimate of drug-likeness (QED) is 0.840. The number of rotatable bonds is 2. The Balaban J connectivity index is 2.45. The molecule has 0 fully saturated rings. The maximum Gasteiger partial charge on any atom is 0.339 e. The van der Waals surface area contributed by atoms with E-state index in [1.807, 2.05) is 0 Å². The lowest BCUT2D eigenvalue weighted by Gasteiger charge is -2.19. The average Bonchev–Trinajstić information content (AvgIpc) is 2.27. The van der Waals surface area contributed by atoms with Crippen LogP contribution in [0.5, 0.6) is 0 Å². The maximum atomic E-state index is 11.7. The molecule has 90 valence electrons. The van der Waals surface area contributed by atoms with E-state index in [1.54, 1.807) is 19.1 Å². The zero-order valence-electron chi connectivity index (χ0n) is 9.08. The van der Waals surface area contributed by atoms with E-state index in [-0.39, 0.29) is 5.91 Å². The molecule has 1 N–H and O–H groups in total. The Kier molecular flexibility index (Phi) is 3.59.